The summed E-state index contributed by atoms with van der Waals surface area (Å²) in [6.07, 6.45) is 4.25. The molecule has 0 radical (unpaired) electrons. The van der Waals surface area contributed by atoms with Crippen molar-refractivity contribution in [2.24, 2.45) is 0 Å². The lowest BCUT2D eigenvalue weighted by atomic mass is 10.1. The number of aromatic amines is 2. The van der Waals surface area contributed by atoms with Crippen LogP contribution in [0.4, 0.5) is 0 Å². The number of fused-ring (bicyclic) bond motifs is 1. The fourth-order valence-corrected chi connectivity index (χ4v) is 2.77. The second-order valence-electron chi connectivity index (χ2n) is 5.77. The fourth-order valence-electron chi connectivity index (χ4n) is 2.77. The first kappa shape index (κ1) is 15.1. The van der Waals surface area contributed by atoms with Gasteiger partial charge in [-0.2, -0.15) is 5.10 Å². The van der Waals surface area contributed by atoms with Crippen molar-refractivity contribution >= 4 is 16.8 Å². The van der Waals surface area contributed by atoms with Gasteiger partial charge in [0, 0.05) is 47.5 Å². The Labute approximate surface area is 144 Å². The molecule has 0 aliphatic heterocycles. The lowest BCUT2D eigenvalue weighted by molar-refractivity contribution is 0.0954. The Hall–Kier alpha value is -3.41. The number of carbonyl (C=O) groups excluding carboxylic acids is 1. The van der Waals surface area contributed by atoms with Crippen molar-refractivity contribution in [2.75, 3.05) is 6.54 Å². The minimum Gasteiger partial charge on any atom is -0.353 e. The van der Waals surface area contributed by atoms with Crippen LogP contribution in [0.1, 0.15) is 16.1 Å². The Morgan fingerprint density at radius 2 is 2.08 bits per heavy atom. The van der Waals surface area contributed by atoms with Gasteiger partial charge in [0.15, 0.2) is 0 Å². The Morgan fingerprint density at radius 3 is 2.88 bits per heavy atom. The summed E-state index contributed by atoms with van der Waals surface area (Å²) in [6.45, 7) is 0.553. The molecule has 0 atom stereocenters. The van der Waals surface area contributed by atoms with Gasteiger partial charge in [0.1, 0.15) is 5.69 Å². The van der Waals surface area contributed by atoms with Crippen LogP contribution >= 0.6 is 0 Å². The topological polar surface area (TPSA) is 86.5 Å². The highest BCUT2D eigenvalue weighted by Crippen LogP contribution is 2.23. The molecule has 0 saturated heterocycles. The fraction of sp³-hybridized carbons (Fsp3) is 0.105. The molecule has 6 nitrogen and oxygen atoms in total. The number of carbonyl (C=O) groups is 1. The molecule has 0 aliphatic carbocycles. The molecule has 3 aromatic heterocycles. The number of hydrogen-bond acceptors (Lipinski definition) is 3. The summed E-state index contributed by atoms with van der Waals surface area (Å²) in [6, 6.07) is 15.3. The van der Waals surface area contributed by atoms with Gasteiger partial charge in [-0.1, -0.05) is 12.1 Å². The number of nitrogens with zero attached hydrogens (tertiary/aromatic N) is 2. The number of aromatic nitrogens is 4. The molecule has 0 fully saturated rings. The number of rotatable bonds is 5. The minimum atomic E-state index is -0.0891. The van der Waals surface area contributed by atoms with Gasteiger partial charge in [0.05, 0.1) is 5.69 Å². The van der Waals surface area contributed by atoms with E-state index in [-0.39, 0.29) is 5.91 Å². The third kappa shape index (κ3) is 3.28. The van der Waals surface area contributed by atoms with Crippen LogP contribution in [0.25, 0.3) is 22.3 Å². The van der Waals surface area contributed by atoms with Gasteiger partial charge in [-0.25, -0.2) is 0 Å². The van der Waals surface area contributed by atoms with Crippen molar-refractivity contribution in [2.45, 2.75) is 6.42 Å². The highest BCUT2D eigenvalue weighted by atomic mass is 16.1. The zero-order valence-corrected chi connectivity index (χ0v) is 13.5. The van der Waals surface area contributed by atoms with Crippen LogP contribution in [0, 0.1) is 0 Å². The smallest absolute Gasteiger partial charge is 0.251 e. The Bertz CT molecular complexity index is 989. The normalized spacial score (nSPS) is 10.9. The molecule has 4 rings (SSSR count). The van der Waals surface area contributed by atoms with E-state index in [9.17, 15) is 4.79 Å². The molecule has 0 spiro atoms. The quantitative estimate of drug-likeness (QED) is 0.525. The molecule has 25 heavy (non-hydrogen) atoms. The zero-order chi connectivity index (χ0) is 17.1. The Morgan fingerprint density at radius 1 is 1.12 bits per heavy atom. The molecule has 6 heteroatoms. The molecular weight excluding hydrogens is 314 g/mol. The highest BCUT2D eigenvalue weighted by Gasteiger charge is 2.09. The number of benzene rings is 1. The van der Waals surface area contributed by atoms with E-state index in [0.717, 1.165) is 28.0 Å². The van der Waals surface area contributed by atoms with Gasteiger partial charge in [-0.05, 0) is 36.4 Å². The van der Waals surface area contributed by atoms with Crippen molar-refractivity contribution in [1.82, 2.24) is 25.5 Å². The predicted octanol–water partition coefficient (Wildman–Crippen LogP) is 2.93. The van der Waals surface area contributed by atoms with Crippen molar-refractivity contribution in [3.63, 3.8) is 0 Å². The monoisotopic (exact) mass is 331 g/mol. The summed E-state index contributed by atoms with van der Waals surface area (Å²) >= 11 is 0. The SMILES string of the molecule is O=C(NCCc1ccccn1)c1ccc2cc(-c3cc[nH]n3)[nH]c2c1. The Kier molecular flexibility index (Phi) is 4.00. The lowest BCUT2D eigenvalue weighted by Crippen LogP contribution is -2.25. The molecule has 0 aliphatic rings. The average molecular weight is 331 g/mol. The van der Waals surface area contributed by atoms with Gasteiger partial charge in [-0.15, -0.1) is 0 Å². The predicted molar refractivity (Wildman–Crippen MR) is 96.2 cm³/mol. The van der Waals surface area contributed by atoms with Crippen molar-refractivity contribution < 1.29 is 4.79 Å². The van der Waals surface area contributed by atoms with E-state index in [0.29, 0.717) is 18.5 Å². The summed E-state index contributed by atoms with van der Waals surface area (Å²) in [5, 5.41) is 10.9. The maximum Gasteiger partial charge on any atom is 0.251 e. The number of amides is 1. The molecule has 0 unspecified atom stereocenters. The number of H-pyrrole nitrogens is 2. The van der Waals surface area contributed by atoms with Crippen LogP contribution in [0.3, 0.4) is 0 Å². The molecule has 3 N–H and O–H groups in total. The standard InChI is InChI=1S/C19H17N5O/c25-19(21-9-6-15-3-1-2-8-20-15)14-5-4-13-11-18(23-17(13)12-14)16-7-10-22-24-16/h1-5,7-8,10-12,23H,6,9H2,(H,21,25)(H,22,24). The van der Waals surface area contributed by atoms with Gasteiger partial charge in [0.2, 0.25) is 0 Å². The first-order chi connectivity index (χ1) is 12.3. The number of nitrogens with one attached hydrogen (secondary N) is 3. The first-order valence-corrected chi connectivity index (χ1v) is 8.10. The van der Waals surface area contributed by atoms with E-state index in [4.69, 9.17) is 0 Å². The van der Waals surface area contributed by atoms with E-state index in [1.165, 1.54) is 0 Å². The molecule has 1 aromatic carbocycles. The third-order valence-corrected chi connectivity index (χ3v) is 4.05. The molecule has 4 aromatic rings. The minimum absolute atomic E-state index is 0.0891. The molecule has 0 saturated carbocycles. The van der Waals surface area contributed by atoms with Crippen molar-refractivity contribution in [1.29, 1.82) is 0 Å². The molecule has 0 bridgehead atoms. The molecule has 3 heterocycles. The largest absolute Gasteiger partial charge is 0.353 e. The summed E-state index contributed by atoms with van der Waals surface area (Å²) in [5.41, 5.74) is 4.27. The molecular formula is C19H17N5O. The Balaban J connectivity index is 1.46. The van der Waals surface area contributed by atoms with Crippen LogP contribution in [-0.2, 0) is 6.42 Å². The van der Waals surface area contributed by atoms with Crippen LogP contribution in [-0.4, -0.2) is 32.6 Å². The summed E-state index contributed by atoms with van der Waals surface area (Å²) in [4.78, 5) is 19.9. The highest BCUT2D eigenvalue weighted by molar-refractivity contribution is 5.98. The van der Waals surface area contributed by atoms with Crippen LogP contribution in [0.15, 0.2) is 60.9 Å². The summed E-state index contributed by atoms with van der Waals surface area (Å²) in [7, 11) is 0. The van der Waals surface area contributed by atoms with Crippen LogP contribution in [0.2, 0.25) is 0 Å². The van der Waals surface area contributed by atoms with E-state index in [2.05, 4.69) is 25.5 Å². The second-order valence-corrected chi connectivity index (χ2v) is 5.77. The lowest BCUT2D eigenvalue weighted by Gasteiger charge is -2.05. The third-order valence-electron chi connectivity index (χ3n) is 4.05. The summed E-state index contributed by atoms with van der Waals surface area (Å²) < 4.78 is 0. The van der Waals surface area contributed by atoms with E-state index < -0.39 is 0 Å². The van der Waals surface area contributed by atoms with Crippen molar-refractivity contribution in [3.8, 4) is 11.4 Å². The van der Waals surface area contributed by atoms with E-state index >= 15 is 0 Å². The van der Waals surface area contributed by atoms with Gasteiger partial charge in [-0.3, -0.25) is 14.9 Å². The van der Waals surface area contributed by atoms with Gasteiger partial charge in [0.25, 0.3) is 5.91 Å². The van der Waals surface area contributed by atoms with Crippen molar-refractivity contribution in [3.05, 3.63) is 72.2 Å². The van der Waals surface area contributed by atoms with Crippen LogP contribution < -0.4 is 5.32 Å². The maximum absolute atomic E-state index is 12.4. The van der Waals surface area contributed by atoms with Gasteiger partial charge < -0.3 is 10.3 Å². The summed E-state index contributed by atoms with van der Waals surface area (Å²) in [5.74, 6) is -0.0891. The molecule has 1 amide bonds. The zero-order valence-electron chi connectivity index (χ0n) is 13.5. The van der Waals surface area contributed by atoms with E-state index in [1.54, 1.807) is 12.4 Å². The number of pyridine rings is 1. The van der Waals surface area contributed by atoms with E-state index in [1.807, 2.05) is 48.5 Å². The number of hydrogen-bond donors (Lipinski definition) is 3. The van der Waals surface area contributed by atoms with Crippen LogP contribution in [0.5, 0.6) is 0 Å². The molecule has 124 valence electrons. The second kappa shape index (κ2) is 6.60. The van der Waals surface area contributed by atoms with Gasteiger partial charge >= 0.3 is 0 Å². The first-order valence-electron chi connectivity index (χ1n) is 8.10. The average Bonchev–Trinajstić information content (AvgIpc) is 3.31. The maximum atomic E-state index is 12.4.